The molecule has 3 rings (SSSR count). The van der Waals surface area contributed by atoms with Crippen LogP contribution in [0, 0.1) is 6.92 Å². The quantitative estimate of drug-likeness (QED) is 0.255. The highest BCUT2D eigenvalue weighted by Crippen LogP contribution is 2.32. The van der Waals surface area contributed by atoms with Gasteiger partial charge in [0, 0.05) is 18.7 Å². The first-order valence-corrected chi connectivity index (χ1v) is 16.0. The Labute approximate surface area is 261 Å². The van der Waals surface area contributed by atoms with Crippen LogP contribution in [0.25, 0.3) is 0 Å². The van der Waals surface area contributed by atoms with Gasteiger partial charge in [0.1, 0.15) is 18.3 Å². The van der Waals surface area contributed by atoms with Crippen LogP contribution in [0.1, 0.15) is 44.7 Å². The molecule has 0 aromatic heterocycles. The zero-order valence-electron chi connectivity index (χ0n) is 26.5. The van der Waals surface area contributed by atoms with Crippen LogP contribution in [0.3, 0.4) is 0 Å². The Morgan fingerprint density at radius 2 is 1.55 bits per heavy atom. The van der Waals surface area contributed by atoms with E-state index in [1.165, 1.54) is 37.3 Å². The summed E-state index contributed by atoms with van der Waals surface area (Å²) in [4.78, 5) is 29.1. The second-order valence-electron chi connectivity index (χ2n) is 10.5. The van der Waals surface area contributed by atoms with E-state index in [1.54, 1.807) is 49.6 Å². The van der Waals surface area contributed by atoms with Gasteiger partial charge in [0.15, 0.2) is 11.5 Å². The summed E-state index contributed by atoms with van der Waals surface area (Å²) in [5.74, 6) is 0.360. The summed E-state index contributed by atoms with van der Waals surface area (Å²) in [6.07, 6.45) is 1.04. The molecule has 0 spiro atoms. The van der Waals surface area contributed by atoms with Gasteiger partial charge in [-0.15, -0.1) is 0 Å². The molecule has 44 heavy (non-hydrogen) atoms. The lowest BCUT2D eigenvalue weighted by atomic mass is 10.1. The average molecular weight is 626 g/mol. The largest absolute Gasteiger partial charge is 0.497 e. The Hall–Kier alpha value is -4.25. The zero-order valence-corrected chi connectivity index (χ0v) is 27.3. The van der Waals surface area contributed by atoms with Gasteiger partial charge in [0.2, 0.25) is 11.8 Å². The fraction of sp³-hybridized carbons (Fsp3) is 0.394. The van der Waals surface area contributed by atoms with Crippen molar-refractivity contribution in [2.45, 2.75) is 64.1 Å². The Balaban J connectivity index is 2.10. The maximum Gasteiger partial charge on any atom is 0.264 e. The maximum absolute atomic E-state index is 14.3. The summed E-state index contributed by atoms with van der Waals surface area (Å²) in [5.41, 5.74) is 1.96. The first-order valence-electron chi connectivity index (χ1n) is 14.5. The van der Waals surface area contributed by atoms with Crippen LogP contribution in [-0.2, 0) is 26.2 Å². The fourth-order valence-electron chi connectivity index (χ4n) is 4.67. The molecule has 0 fully saturated rings. The van der Waals surface area contributed by atoms with Gasteiger partial charge in [-0.05, 0) is 68.7 Å². The molecule has 0 bridgehead atoms. The predicted molar refractivity (Wildman–Crippen MR) is 171 cm³/mol. The van der Waals surface area contributed by atoms with E-state index in [2.05, 4.69) is 5.32 Å². The van der Waals surface area contributed by atoms with E-state index in [0.29, 0.717) is 23.6 Å². The molecule has 2 atom stereocenters. The molecule has 2 amide bonds. The molecule has 0 aliphatic carbocycles. The van der Waals surface area contributed by atoms with Crippen molar-refractivity contribution < 1.29 is 32.2 Å². The van der Waals surface area contributed by atoms with E-state index in [0.717, 1.165) is 21.9 Å². The molecule has 1 N–H and O–H groups in total. The molecular formula is C33H43N3O7S. The standard InChI is InChI=1S/C33H43N3O7S/c1-8-24(4)34-33(38)29(9-2)35(21-25-11-10-12-27(19-25)41-5)32(37)22-36(26-15-13-23(3)14-16-26)44(39,40)28-17-18-30(42-6)31(20-28)43-7/h10-20,24,29H,8-9,21-22H2,1-7H3,(H,34,38)/t24-,29-/m0/s1. The highest BCUT2D eigenvalue weighted by Gasteiger charge is 2.34. The first-order chi connectivity index (χ1) is 21.0. The smallest absolute Gasteiger partial charge is 0.264 e. The zero-order chi connectivity index (χ0) is 32.4. The molecule has 0 saturated carbocycles. The van der Waals surface area contributed by atoms with Gasteiger partial charge < -0.3 is 24.4 Å². The van der Waals surface area contributed by atoms with Crippen LogP contribution in [0.2, 0.25) is 0 Å². The molecule has 0 heterocycles. The normalized spacial score (nSPS) is 12.5. The van der Waals surface area contributed by atoms with Crippen LogP contribution >= 0.6 is 0 Å². The van der Waals surface area contributed by atoms with Crippen LogP contribution in [0.5, 0.6) is 17.2 Å². The highest BCUT2D eigenvalue weighted by molar-refractivity contribution is 7.92. The first kappa shape index (κ1) is 34.2. The summed E-state index contributed by atoms with van der Waals surface area (Å²) in [5, 5.41) is 2.98. The number of benzene rings is 3. The maximum atomic E-state index is 14.3. The number of nitrogens with zero attached hydrogens (tertiary/aromatic N) is 2. The van der Waals surface area contributed by atoms with E-state index < -0.39 is 28.5 Å². The topological polar surface area (TPSA) is 114 Å². The van der Waals surface area contributed by atoms with Crippen LogP contribution in [0.15, 0.2) is 71.6 Å². The SMILES string of the molecule is CC[C@H](C)NC(=O)[C@H](CC)N(Cc1cccc(OC)c1)C(=O)CN(c1ccc(C)cc1)S(=O)(=O)c1ccc(OC)c(OC)c1. The number of sulfonamides is 1. The molecule has 11 heteroatoms. The minimum Gasteiger partial charge on any atom is -0.497 e. The van der Waals surface area contributed by atoms with E-state index in [9.17, 15) is 18.0 Å². The number of hydrogen-bond donors (Lipinski definition) is 1. The van der Waals surface area contributed by atoms with Crippen molar-refractivity contribution in [2.75, 3.05) is 32.2 Å². The average Bonchev–Trinajstić information content (AvgIpc) is 3.03. The number of carbonyl (C=O) groups is 2. The van der Waals surface area contributed by atoms with Gasteiger partial charge in [0.25, 0.3) is 10.0 Å². The van der Waals surface area contributed by atoms with Gasteiger partial charge in [-0.1, -0.05) is 43.7 Å². The third-order valence-corrected chi connectivity index (χ3v) is 9.19. The summed E-state index contributed by atoms with van der Waals surface area (Å²) in [6.45, 7) is 7.10. The molecule has 3 aromatic carbocycles. The molecule has 3 aromatic rings. The van der Waals surface area contributed by atoms with Crippen molar-refractivity contribution in [3.8, 4) is 17.2 Å². The van der Waals surface area contributed by atoms with Crippen molar-refractivity contribution >= 4 is 27.5 Å². The fourth-order valence-corrected chi connectivity index (χ4v) is 6.10. The number of anilines is 1. The number of amides is 2. The summed E-state index contributed by atoms with van der Waals surface area (Å²) in [6, 6.07) is 17.4. The summed E-state index contributed by atoms with van der Waals surface area (Å²) < 4.78 is 45.5. The lowest BCUT2D eigenvalue weighted by Gasteiger charge is -2.34. The second kappa shape index (κ2) is 15.5. The van der Waals surface area contributed by atoms with E-state index in [4.69, 9.17) is 14.2 Å². The number of carbonyl (C=O) groups excluding carboxylic acids is 2. The van der Waals surface area contributed by atoms with Crippen LogP contribution < -0.4 is 23.8 Å². The Kier molecular flexibility index (Phi) is 12.0. The molecule has 0 saturated heterocycles. The summed E-state index contributed by atoms with van der Waals surface area (Å²) >= 11 is 0. The van der Waals surface area contributed by atoms with Gasteiger partial charge in [-0.2, -0.15) is 0 Å². The second-order valence-corrected chi connectivity index (χ2v) is 12.3. The number of hydrogen-bond acceptors (Lipinski definition) is 7. The number of nitrogens with one attached hydrogen (secondary N) is 1. The lowest BCUT2D eigenvalue weighted by Crippen LogP contribution is -2.53. The van der Waals surface area contributed by atoms with Gasteiger partial charge >= 0.3 is 0 Å². The molecule has 0 unspecified atom stereocenters. The van der Waals surface area contributed by atoms with Crippen molar-refractivity contribution in [3.63, 3.8) is 0 Å². The monoisotopic (exact) mass is 625 g/mol. The number of aryl methyl sites for hydroxylation is 1. The van der Waals surface area contributed by atoms with Gasteiger partial charge in [-0.25, -0.2) is 8.42 Å². The van der Waals surface area contributed by atoms with Gasteiger partial charge in [0.05, 0.1) is 31.9 Å². The Morgan fingerprint density at radius 1 is 0.864 bits per heavy atom. The predicted octanol–water partition coefficient (Wildman–Crippen LogP) is 4.94. The van der Waals surface area contributed by atoms with E-state index >= 15 is 0 Å². The van der Waals surface area contributed by atoms with Crippen molar-refractivity contribution in [2.24, 2.45) is 0 Å². The van der Waals surface area contributed by atoms with Crippen molar-refractivity contribution in [3.05, 3.63) is 77.9 Å². The minimum atomic E-state index is -4.28. The Bertz CT molecular complexity index is 1530. The number of rotatable bonds is 15. The molecule has 0 aliphatic rings. The van der Waals surface area contributed by atoms with Crippen molar-refractivity contribution in [1.29, 1.82) is 0 Å². The Morgan fingerprint density at radius 3 is 2.14 bits per heavy atom. The molecule has 10 nitrogen and oxygen atoms in total. The molecular weight excluding hydrogens is 582 g/mol. The van der Waals surface area contributed by atoms with Gasteiger partial charge in [-0.3, -0.25) is 13.9 Å². The van der Waals surface area contributed by atoms with E-state index in [-0.39, 0.29) is 29.1 Å². The number of methoxy groups -OCH3 is 3. The third kappa shape index (κ3) is 8.22. The highest BCUT2D eigenvalue weighted by atomic mass is 32.2. The third-order valence-electron chi connectivity index (χ3n) is 7.42. The summed E-state index contributed by atoms with van der Waals surface area (Å²) in [7, 11) is 0.146. The molecule has 0 radical (unpaired) electrons. The van der Waals surface area contributed by atoms with Crippen LogP contribution in [-0.4, -0.2) is 65.1 Å². The van der Waals surface area contributed by atoms with E-state index in [1.807, 2.05) is 33.8 Å². The van der Waals surface area contributed by atoms with Crippen molar-refractivity contribution in [1.82, 2.24) is 10.2 Å². The number of ether oxygens (including phenoxy) is 3. The molecule has 238 valence electrons. The lowest BCUT2D eigenvalue weighted by molar-refractivity contribution is -0.140. The van der Waals surface area contributed by atoms with Crippen LogP contribution in [0.4, 0.5) is 5.69 Å². The minimum absolute atomic E-state index is 0.0700. The molecule has 0 aliphatic heterocycles.